The van der Waals surface area contributed by atoms with E-state index < -0.39 is 0 Å². The van der Waals surface area contributed by atoms with Crippen molar-refractivity contribution in [2.75, 3.05) is 19.0 Å². The van der Waals surface area contributed by atoms with Gasteiger partial charge >= 0.3 is 0 Å². The summed E-state index contributed by atoms with van der Waals surface area (Å²) in [5.74, 6) is 1.72. The van der Waals surface area contributed by atoms with E-state index in [-0.39, 0.29) is 11.8 Å². The molecule has 1 aliphatic rings. The molecule has 1 aromatic heterocycles. The van der Waals surface area contributed by atoms with Crippen molar-refractivity contribution >= 4 is 11.7 Å². The van der Waals surface area contributed by atoms with Gasteiger partial charge in [0.05, 0.1) is 13.7 Å². The van der Waals surface area contributed by atoms with Gasteiger partial charge in [0.15, 0.2) is 5.82 Å². The Bertz CT molecular complexity index is 918. The zero-order valence-corrected chi connectivity index (χ0v) is 14.4. The molecule has 132 valence electrons. The Morgan fingerprint density at radius 2 is 2.04 bits per heavy atom. The van der Waals surface area contributed by atoms with E-state index in [1.54, 1.807) is 17.9 Å². The minimum absolute atomic E-state index is 0.107. The molecule has 1 amide bonds. The molecule has 0 saturated carbocycles. The number of nitrogens with zero attached hydrogens (tertiary/aromatic N) is 2. The number of methoxy groups -OCH3 is 1. The molecule has 0 radical (unpaired) electrons. The Morgan fingerprint density at radius 1 is 1.23 bits per heavy atom. The maximum atomic E-state index is 12.6. The minimum Gasteiger partial charge on any atom is -0.497 e. The first-order valence-corrected chi connectivity index (χ1v) is 8.42. The summed E-state index contributed by atoms with van der Waals surface area (Å²) in [6.07, 6.45) is 1.85. The van der Waals surface area contributed by atoms with Gasteiger partial charge in [-0.3, -0.25) is 9.48 Å². The number of aromatic nitrogens is 2. The molecule has 1 atom stereocenters. The molecule has 3 aromatic rings. The first kappa shape index (κ1) is 16.2. The molecule has 0 unspecified atom stereocenters. The Balaban J connectivity index is 1.41. The second-order valence-electron chi connectivity index (χ2n) is 6.14. The third-order valence-electron chi connectivity index (χ3n) is 4.41. The highest BCUT2D eigenvalue weighted by atomic mass is 16.5. The molecule has 1 aliphatic heterocycles. The first-order valence-electron chi connectivity index (χ1n) is 8.42. The quantitative estimate of drug-likeness (QED) is 0.769. The number of benzene rings is 2. The molecule has 0 bridgehead atoms. The number of carbonyl (C=O) groups excluding carboxylic acids is 1. The topological polar surface area (TPSA) is 65.4 Å². The summed E-state index contributed by atoms with van der Waals surface area (Å²) in [4.78, 5) is 12.6. The van der Waals surface area contributed by atoms with E-state index in [1.165, 1.54) is 0 Å². The van der Waals surface area contributed by atoms with Crippen molar-refractivity contribution in [1.29, 1.82) is 0 Å². The zero-order chi connectivity index (χ0) is 17.9. The van der Waals surface area contributed by atoms with Gasteiger partial charge in [0.25, 0.3) is 0 Å². The third-order valence-corrected chi connectivity index (χ3v) is 4.41. The molecule has 1 N–H and O–H groups in total. The Kier molecular flexibility index (Phi) is 4.31. The van der Waals surface area contributed by atoms with E-state index >= 15 is 0 Å². The summed E-state index contributed by atoms with van der Waals surface area (Å²) >= 11 is 0. The van der Waals surface area contributed by atoms with Crippen LogP contribution in [0, 0.1) is 0 Å². The van der Waals surface area contributed by atoms with Crippen LogP contribution in [0.3, 0.4) is 0 Å². The molecule has 0 saturated heterocycles. The largest absolute Gasteiger partial charge is 0.497 e. The van der Waals surface area contributed by atoms with Crippen molar-refractivity contribution in [2.24, 2.45) is 0 Å². The monoisotopic (exact) mass is 349 g/mol. The smallest absolute Gasteiger partial charge is 0.236 e. The second-order valence-corrected chi connectivity index (χ2v) is 6.14. The van der Waals surface area contributed by atoms with Crippen LogP contribution in [0.5, 0.6) is 11.5 Å². The lowest BCUT2D eigenvalue weighted by Crippen LogP contribution is -2.22. The Hall–Kier alpha value is -3.28. The third kappa shape index (κ3) is 3.26. The predicted octanol–water partition coefficient (Wildman–Crippen LogP) is 3.05. The number of para-hydroxylation sites is 1. The van der Waals surface area contributed by atoms with Crippen LogP contribution >= 0.6 is 0 Å². The zero-order valence-electron chi connectivity index (χ0n) is 14.4. The van der Waals surface area contributed by atoms with Gasteiger partial charge in [-0.05, 0) is 23.8 Å². The van der Waals surface area contributed by atoms with Crippen LogP contribution < -0.4 is 14.8 Å². The fourth-order valence-electron chi connectivity index (χ4n) is 3.03. The van der Waals surface area contributed by atoms with Crippen molar-refractivity contribution in [3.05, 3.63) is 71.9 Å². The molecule has 6 nitrogen and oxygen atoms in total. The lowest BCUT2D eigenvalue weighted by molar-refractivity contribution is -0.117. The average Bonchev–Trinajstić information content (AvgIpc) is 3.29. The van der Waals surface area contributed by atoms with E-state index in [4.69, 9.17) is 9.47 Å². The van der Waals surface area contributed by atoms with Gasteiger partial charge in [-0.25, -0.2) is 0 Å². The summed E-state index contributed by atoms with van der Waals surface area (Å²) in [6, 6.07) is 17.2. The van der Waals surface area contributed by atoms with Gasteiger partial charge in [0, 0.05) is 17.8 Å². The summed E-state index contributed by atoms with van der Waals surface area (Å²) in [6.45, 7) is 0.979. The van der Waals surface area contributed by atoms with Crippen LogP contribution in [-0.2, 0) is 11.3 Å². The highest BCUT2D eigenvalue weighted by Crippen LogP contribution is 2.34. The SMILES string of the molecule is COc1ccc(Cn2ccc(NC(=O)[C@@H]3COc4ccccc43)n2)cc1. The maximum Gasteiger partial charge on any atom is 0.236 e. The molecule has 4 rings (SSSR count). The van der Waals surface area contributed by atoms with Gasteiger partial charge in [-0.15, -0.1) is 0 Å². The highest BCUT2D eigenvalue weighted by Gasteiger charge is 2.30. The fourth-order valence-corrected chi connectivity index (χ4v) is 3.03. The van der Waals surface area contributed by atoms with Gasteiger partial charge in [-0.2, -0.15) is 5.10 Å². The minimum atomic E-state index is -0.307. The lowest BCUT2D eigenvalue weighted by atomic mass is 10.0. The number of anilines is 1. The molecule has 6 heteroatoms. The van der Waals surface area contributed by atoms with Gasteiger partial charge in [0.1, 0.15) is 24.0 Å². The molecule has 0 spiro atoms. The van der Waals surface area contributed by atoms with Crippen LogP contribution in [0.15, 0.2) is 60.8 Å². The van der Waals surface area contributed by atoms with Gasteiger partial charge in [0.2, 0.25) is 5.91 Å². The Labute approximate surface area is 151 Å². The van der Waals surface area contributed by atoms with E-state index in [2.05, 4.69) is 10.4 Å². The summed E-state index contributed by atoms with van der Waals surface area (Å²) in [5.41, 5.74) is 2.02. The van der Waals surface area contributed by atoms with Crippen molar-refractivity contribution in [2.45, 2.75) is 12.5 Å². The standard InChI is InChI=1S/C20H19N3O3/c1-25-15-8-6-14(7-9-15)12-23-11-10-19(22-23)21-20(24)17-13-26-18-5-3-2-4-16(17)18/h2-11,17H,12-13H2,1H3,(H,21,22,24)/t17-/m1/s1. The maximum absolute atomic E-state index is 12.6. The normalized spacial score (nSPS) is 15.2. The van der Waals surface area contributed by atoms with E-state index in [0.29, 0.717) is 19.0 Å². The summed E-state index contributed by atoms with van der Waals surface area (Å²) < 4.78 is 12.5. The molecular weight excluding hydrogens is 330 g/mol. The molecule has 26 heavy (non-hydrogen) atoms. The number of amides is 1. The van der Waals surface area contributed by atoms with E-state index in [0.717, 1.165) is 22.6 Å². The number of nitrogens with one attached hydrogen (secondary N) is 1. The first-order chi connectivity index (χ1) is 12.7. The molecule has 0 aliphatic carbocycles. The van der Waals surface area contributed by atoms with Crippen LogP contribution in [-0.4, -0.2) is 29.4 Å². The predicted molar refractivity (Wildman–Crippen MR) is 97.6 cm³/mol. The van der Waals surface area contributed by atoms with Gasteiger partial charge in [-0.1, -0.05) is 30.3 Å². The average molecular weight is 349 g/mol. The van der Waals surface area contributed by atoms with Crippen LogP contribution in [0.25, 0.3) is 0 Å². The van der Waals surface area contributed by atoms with E-state index in [1.807, 2.05) is 54.7 Å². The number of rotatable bonds is 5. The number of fused-ring (bicyclic) bond motifs is 1. The molecule has 2 aromatic carbocycles. The highest BCUT2D eigenvalue weighted by molar-refractivity contribution is 5.96. The molecular formula is C20H19N3O3. The van der Waals surface area contributed by atoms with Crippen molar-refractivity contribution in [3.63, 3.8) is 0 Å². The van der Waals surface area contributed by atoms with Crippen LogP contribution in [0.4, 0.5) is 5.82 Å². The van der Waals surface area contributed by atoms with Crippen molar-refractivity contribution < 1.29 is 14.3 Å². The fraction of sp³-hybridized carbons (Fsp3) is 0.200. The summed E-state index contributed by atoms with van der Waals surface area (Å²) in [5, 5.41) is 7.31. The second kappa shape index (κ2) is 6.92. The number of hydrogen-bond acceptors (Lipinski definition) is 4. The van der Waals surface area contributed by atoms with Gasteiger partial charge < -0.3 is 14.8 Å². The summed E-state index contributed by atoms with van der Waals surface area (Å²) in [7, 11) is 1.64. The Morgan fingerprint density at radius 3 is 2.85 bits per heavy atom. The molecule has 2 heterocycles. The molecule has 0 fully saturated rings. The lowest BCUT2D eigenvalue weighted by Gasteiger charge is -2.08. The van der Waals surface area contributed by atoms with E-state index in [9.17, 15) is 4.79 Å². The number of hydrogen-bond donors (Lipinski definition) is 1. The van der Waals surface area contributed by atoms with Crippen molar-refractivity contribution in [3.8, 4) is 11.5 Å². The van der Waals surface area contributed by atoms with Crippen LogP contribution in [0.1, 0.15) is 17.0 Å². The van der Waals surface area contributed by atoms with Crippen molar-refractivity contribution in [1.82, 2.24) is 9.78 Å². The number of ether oxygens (including phenoxy) is 2. The van der Waals surface area contributed by atoms with Crippen LogP contribution in [0.2, 0.25) is 0 Å². The number of carbonyl (C=O) groups is 1.